The van der Waals surface area contributed by atoms with Crippen molar-refractivity contribution in [3.8, 4) is 0 Å². The highest BCUT2D eigenvalue weighted by molar-refractivity contribution is 14.1. The molecule has 0 saturated heterocycles. The zero-order chi connectivity index (χ0) is 13.3. The first-order valence-electron chi connectivity index (χ1n) is 5.03. The summed E-state index contributed by atoms with van der Waals surface area (Å²) in [6, 6.07) is 11.1. The zero-order valence-electron chi connectivity index (χ0n) is 8.93. The maximum atomic E-state index is 6.42. The fourth-order valence-electron chi connectivity index (χ4n) is 1.53. The van der Waals surface area contributed by atoms with Crippen LogP contribution in [0.15, 0.2) is 36.4 Å². The first-order valence-corrected chi connectivity index (χ1v) is 7.68. The van der Waals surface area contributed by atoms with Crippen molar-refractivity contribution >= 4 is 69.0 Å². The average molecular weight is 432 g/mol. The van der Waals surface area contributed by atoms with E-state index in [1.54, 1.807) is 12.1 Å². The van der Waals surface area contributed by atoms with Crippen molar-refractivity contribution in [3.05, 3.63) is 66.2 Å². The highest BCUT2D eigenvalue weighted by Crippen LogP contribution is 2.34. The van der Waals surface area contributed by atoms with Crippen LogP contribution in [0.1, 0.15) is 16.5 Å². The van der Waals surface area contributed by atoms with Crippen molar-refractivity contribution in [3.63, 3.8) is 0 Å². The van der Waals surface area contributed by atoms with Gasteiger partial charge in [-0.05, 0) is 58.0 Å². The van der Waals surface area contributed by atoms with Crippen LogP contribution in [0.25, 0.3) is 0 Å². The molecular weight excluding hydrogens is 425 g/mol. The number of benzene rings is 2. The highest BCUT2D eigenvalue weighted by atomic mass is 127. The molecule has 5 heteroatoms. The Hall–Kier alpha value is 0.330. The number of alkyl halides is 1. The van der Waals surface area contributed by atoms with E-state index in [0.29, 0.717) is 15.1 Å². The summed E-state index contributed by atoms with van der Waals surface area (Å²) in [5.41, 5.74) is 1.82. The first-order chi connectivity index (χ1) is 8.49. The summed E-state index contributed by atoms with van der Waals surface area (Å²) < 4.78 is 0.996. The zero-order valence-corrected chi connectivity index (χ0v) is 14.1. The third kappa shape index (κ3) is 3.26. The molecule has 1 atom stereocenters. The molecule has 1 unspecified atom stereocenters. The van der Waals surface area contributed by atoms with E-state index in [1.807, 2.05) is 24.3 Å². The maximum absolute atomic E-state index is 6.42. The predicted octanol–water partition coefficient (Wildman–Crippen LogP) is 6.58. The molecule has 0 bridgehead atoms. The van der Waals surface area contributed by atoms with Gasteiger partial charge >= 0.3 is 0 Å². The van der Waals surface area contributed by atoms with E-state index in [4.69, 9.17) is 46.4 Å². The van der Waals surface area contributed by atoms with E-state index >= 15 is 0 Å². The molecule has 0 nitrogen and oxygen atoms in total. The van der Waals surface area contributed by atoms with Gasteiger partial charge in [-0.3, -0.25) is 0 Å². The van der Waals surface area contributed by atoms with Crippen LogP contribution >= 0.6 is 69.0 Å². The third-order valence-electron chi connectivity index (χ3n) is 2.47. The molecule has 0 saturated carbocycles. The van der Waals surface area contributed by atoms with E-state index in [0.717, 1.165) is 14.7 Å². The summed E-state index contributed by atoms with van der Waals surface area (Å²) in [5, 5.41) is 1.41. The molecule has 94 valence electrons. The molecule has 0 spiro atoms. The number of hydrogen-bond donors (Lipinski definition) is 0. The van der Waals surface area contributed by atoms with E-state index < -0.39 is 0 Å². The summed E-state index contributed by atoms with van der Waals surface area (Å²) in [6.07, 6.45) is 0. The van der Waals surface area contributed by atoms with E-state index in [2.05, 4.69) is 22.6 Å². The first kappa shape index (κ1) is 14.7. The van der Waals surface area contributed by atoms with Gasteiger partial charge in [0.2, 0.25) is 0 Å². The van der Waals surface area contributed by atoms with E-state index in [1.165, 1.54) is 0 Å². The van der Waals surface area contributed by atoms with Crippen LogP contribution in [0.4, 0.5) is 0 Å². The Bertz CT molecular complexity index is 532. The van der Waals surface area contributed by atoms with Gasteiger partial charge in [0.05, 0.1) is 20.4 Å². The van der Waals surface area contributed by atoms with Crippen molar-refractivity contribution in [2.24, 2.45) is 0 Å². The Morgan fingerprint density at radius 1 is 0.778 bits per heavy atom. The largest absolute Gasteiger partial charge is 0.113 e. The second kappa shape index (κ2) is 6.19. The van der Waals surface area contributed by atoms with Crippen LogP contribution in [0.5, 0.6) is 0 Å². The smallest absolute Gasteiger partial charge is 0.0836 e. The van der Waals surface area contributed by atoms with Gasteiger partial charge in [-0.25, -0.2) is 0 Å². The highest BCUT2D eigenvalue weighted by Gasteiger charge is 2.13. The molecule has 2 rings (SSSR count). The molecule has 0 N–H and O–H groups in total. The lowest BCUT2D eigenvalue weighted by molar-refractivity contribution is 1.14. The molecule has 0 aliphatic rings. The van der Waals surface area contributed by atoms with Crippen molar-refractivity contribution in [1.82, 2.24) is 0 Å². The Morgan fingerprint density at radius 2 is 1.33 bits per heavy atom. The van der Waals surface area contributed by atoms with Gasteiger partial charge in [0, 0.05) is 3.57 Å². The Kier molecular flexibility index (Phi) is 5.06. The molecule has 0 aromatic heterocycles. The topological polar surface area (TPSA) is 0 Å². The van der Waals surface area contributed by atoms with Crippen LogP contribution in [-0.4, -0.2) is 0 Å². The Morgan fingerprint density at radius 3 is 1.89 bits per heavy atom. The van der Waals surface area contributed by atoms with Gasteiger partial charge in [-0.2, -0.15) is 0 Å². The van der Waals surface area contributed by atoms with E-state index in [9.17, 15) is 0 Å². The number of halogens is 5. The fourth-order valence-corrected chi connectivity index (χ4v) is 2.63. The van der Waals surface area contributed by atoms with Gasteiger partial charge in [-0.1, -0.05) is 46.9 Å². The fraction of sp³-hybridized carbons (Fsp3) is 0.0769. The average Bonchev–Trinajstić information content (AvgIpc) is 2.35. The Labute approximate surface area is 139 Å². The van der Waals surface area contributed by atoms with Crippen molar-refractivity contribution in [2.45, 2.75) is 5.38 Å². The summed E-state index contributed by atoms with van der Waals surface area (Å²) in [4.78, 5) is 0. The van der Waals surface area contributed by atoms with Gasteiger partial charge in [-0.15, -0.1) is 11.6 Å². The maximum Gasteiger partial charge on any atom is 0.0836 e. The molecule has 0 heterocycles. The number of hydrogen-bond acceptors (Lipinski definition) is 0. The van der Waals surface area contributed by atoms with Crippen LogP contribution in [0, 0.1) is 3.57 Å². The predicted molar refractivity (Wildman–Crippen MR) is 88.3 cm³/mol. The van der Waals surface area contributed by atoms with E-state index in [-0.39, 0.29) is 5.38 Å². The van der Waals surface area contributed by atoms with Crippen LogP contribution in [0.2, 0.25) is 15.1 Å². The third-order valence-corrected chi connectivity index (χ3v) is 5.29. The summed E-state index contributed by atoms with van der Waals surface area (Å²) in [5.74, 6) is 0. The van der Waals surface area contributed by atoms with Gasteiger partial charge in [0.1, 0.15) is 0 Å². The molecule has 2 aromatic carbocycles. The summed E-state index contributed by atoms with van der Waals surface area (Å²) >= 11 is 26.5. The molecular formula is C13H7Cl4I. The molecule has 0 aliphatic heterocycles. The lowest BCUT2D eigenvalue weighted by atomic mass is 10.0. The second-order valence-electron chi connectivity index (χ2n) is 3.71. The molecule has 0 aliphatic carbocycles. The Balaban J connectivity index is 2.37. The molecule has 18 heavy (non-hydrogen) atoms. The minimum absolute atomic E-state index is 0.297. The lowest BCUT2D eigenvalue weighted by Gasteiger charge is -2.12. The standard InChI is InChI=1S/C13H7Cl4I/c14-9-3-1-7(5-10(9)15)13(17)8-2-4-12(18)11(16)6-8/h1-6,13H. The van der Waals surface area contributed by atoms with Crippen LogP contribution < -0.4 is 0 Å². The SMILES string of the molecule is Clc1ccc(C(Cl)c2ccc(I)c(Cl)c2)cc1Cl. The van der Waals surface area contributed by atoms with Crippen LogP contribution in [-0.2, 0) is 0 Å². The summed E-state index contributed by atoms with van der Waals surface area (Å²) in [6.45, 7) is 0. The molecule has 0 radical (unpaired) electrons. The number of rotatable bonds is 2. The molecule has 0 amide bonds. The van der Waals surface area contributed by atoms with Gasteiger partial charge in [0.15, 0.2) is 0 Å². The normalized spacial score (nSPS) is 12.5. The second-order valence-corrected chi connectivity index (χ2v) is 6.53. The van der Waals surface area contributed by atoms with Crippen molar-refractivity contribution in [2.75, 3.05) is 0 Å². The van der Waals surface area contributed by atoms with Gasteiger partial charge < -0.3 is 0 Å². The summed E-state index contributed by atoms with van der Waals surface area (Å²) in [7, 11) is 0. The van der Waals surface area contributed by atoms with Crippen LogP contribution in [0.3, 0.4) is 0 Å². The molecule has 2 aromatic rings. The van der Waals surface area contributed by atoms with Gasteiger partial charge in [0.25, 0.3) is 0 Å². The minimum atomic E-state index is -0.297. The quantitative estimate of drug-likeness (QED) is 0.372. The van der Waals surface area contributed by atoms with Crippen molar-refractivity contribution < 1.29 is 0 Å². The van der Waals surface area contributed by atoms with Crippen molar-refractivity contribution in [1.29, 1.82) is 0 Å². The monoisotopic (exact) mass is 430 g/mol. The molecule has 0 fully saturated rings. The lowest BCUT2D eigenvalue weighted by Crippen LogP contribution is -1.94. The minimum Gasteiger partial charge on any atom is -0.113 e.